The van der Waals surface area contributed by atoms with Gasteiger partial charge in [-0.05, 0) is 38.5 Å². The highest BCUT2D eigenvalue weighted by molar-refractivity contribution is 6.04. The molecule has 1 aromatic rings. The van der Waals surface area contributed by atoms with Crippen molar-refractivity contribution in [3.63, 3.8) is 0 Å². The summed E-state index contributed by atoms with van der Waals surface area (Å²) in [5, 5.41) is 14.4. The number of aliphatic carboxylic acids is 1. The number of anilines is 2. The topological polar surface area (TPSA) is 125 Å². The lowest BCUT2D eigenvalue weighted by atomic mass is 10.1. The molecule has 0 spiro atoms. The third kappa shape index (κ3) is 5.19. The van der Waals surface area contributed by atoms with E-state index in [9.17, 15) is 24.3 Å². The molecule has 0 saturated carbocycles. The zero-order valence-electron chi connectivity index (χ0n) is 15.7. The van der Waals surface area contributed by atoms with E-state index in [1.807, 2.05) is 0 Å². The van der Waals surface area contributed by atoms with Crippen molar-refractivity contribution in [2.75, 3.05) is 16.8 Å². The Balaban J connectivity index is 2.20. The van der Waals surface area contributed by atoms with E-state index in [1.165, 1.54) is 6.92 Å². The number of amides is 3. The van der Waals surface area contributed by atoms with Crippen LogP contribution < -0.4 is 15.5 Å². The van der Waals surface area contributed by atoms with Gasteiger partial charge in [-0.25, -0.2) is 9.59 Å². The van der Waals surface area contributed by atoms with Crippen molar-refractivity contribution in [1.29, 1.82) is 0 Å². The lowest BCUT2D eigenvalue weighted by Gasteiger charge is -2.24. The Kier molecular flexibility index (Phi) is 5.72. The molecule has 0 aromatic heterocycles. The summed E-state index contributed by atoms with van der Waals surface area (Å²) in [5.74, 6) is -2.03. The van der Waals surface area contributed by atoms with Crippen molar-refractivity contribution in [3.8, 4) is 0 Å². The number of nitrogens with one attached hydrogen (secondary N) is 2. The van der Waals surface area contributed by atoms with E-state index < -0.39 is 36.2 Å². The van der Waals surface area contributed by atoms with Crippen molar-refractivity contribution in [1.82, 2.24) is 5.32 Å². The number of carbonyl (C=O) groups excluding carboxylic acids is 3. The molecule has 27 heavy (non-hydrogen) atoms. The van der Waals surface area contributed by atoms with Crippen LogP contribution in [0.2, 0.25) is 0 Å². The normalized spacial score (nSPS) is 15.7. The minimum atomic E-state index is -1.15. The number of hydrogen-bond donors (Lipinski definition) is 3. The molecule has 0 saturated heterocycles. The number of nitrogens with zero attached hydrogens (tertiary/aromatic N) is 1. The van der Waals surface area contributed by atoms with E-state index in [0.29, 0.717) is 16.9 Å². The number of carboxylic acid groups (broad SMARTS) is 1. The number of benzene rings is 1. The second-order valence-corrected chi connectivity index (χ2v) is 7.20. The van der Waals surface area contributed by atoms with Crippen LogP contribution >= 0.6 is 0 Å². The second kappa shape index (κ2) is 7.65. The molecule has 1 unspecified atom stereocenters. The number of rotatable bonds is 4. The van der Waals surface area contributed by atoms with Crippen LogP contribution in [-0.4, -0.2) is 47.2 Å². The summed E-state index contributed by atoms with van der Waals surface area (Å²) in [5.41, 5.74) is 0.793. The van der Waals surface area contributed by atoms with E-state index in [2.05, 4.69) is 10.6 Å². The first-order valence-electron chi connectivity index (χ1n) is 8.40. The largest absolute Gasteiger partial charge is 0.480 e. The molecule has 1 heterocycles. The van der Waals surface area contributed by atoms with Gasteiger partial charge in [0.2, 0.25) is 11.8 Å². The van der Waals surface area contributed by atoms with Crippen molar-refractivity contribution >= 4 is 35.3 Å². The van der Waals surface area contributed by atoms with Gasteiger partial charge in [0.1, 0.15) is 18.2 Å². The van der Waals surface area contributed by atoms with Crippen LogP contribution in [0.4, 0.5) is 16.2 Å². The van der Waals surface area contributed by atoms with Gasteiger partial charge < -0.3 is 20.5 Å². The zero-order valence-corrected chi connectivity index (χ0v) is 15.7. The third-order valence-corrected chi connectivity index (χ3v) is 3.73. The van der Waals surface area contributed by atoms with Crippen LogP contribution in [0.5, 0.6) is 0 Å². The summed E-state index contributed by atoms with van der Waals surface area (Å²) >= 11 is 0. The number of hydrogen-bond acceptors (Lipinski definition) is 5. The van der Waals surface area contributed by atoms with E-state index in [1.54, 1.807) is 39.0 Å². The van der Waals surface area contributed by atoms with Crippen molar-refractivity contribution < 1.29 is 29.0 Å². The molecule has 1 atom stereocenters. The smallest absolute Gasteiger partial charge is 0.408 e. The van der Waals surface area contributed by atoms with Crippen molar-refractivity contribution in [3.05, 3.63) is 23.8 Å². The summed E-state index contributed by atoms with van der Waals surface area (Å²) in [6.07, 6.45) is -0.627. The van der Waals surface area contributed by atoms with Gasteiger partial charge in [0.05, 0.1) is 5.69 Å². The van der Waals surface area contributed by atoms with Gasteiger partial charge in [0, 0.05) is 19.0 Å². The van der Waals surface area contributed by atoms with Crippen LogP contribution in [0.1, 0.15) is 33.3 Å². The maximum atomic E-state index is 12.6. The summed E-state index contributed by atoms with van der Waals surface area (Å²) in [6, 6.07) is 3.78. The number of alkyl carbamates (subject to hydrolysis) is 1. The van der Waals surface area contributed by atoms with Crippen LogP contribution in [0.25, 0.3) is 0 Å². The van der Waals surface area contributed by atoms with Gasteiger partial charge in [0.15, 0.2) is 0 Å². The Morgan fingerprint density at radius 3 is 2.48 bits per heavy atom. The Bertz CT molecular complexity index is 784. The van der Waals surface area contributed by atoms with Gasteiger partial charge in [-0.15, -0.1) is 0 Å². The highest BCUT2D eigenvalue weighted by atomic mass is 16.6. The molecular formula is C18H23N3O6. The van der Waals surface area contributed by atoms with E-state index in [0.717, 1.165) is 4.90 Å². The van der Waals surface area contributed by atoms with Crippen molar-refractivity contribution in [2.45, 2.75) is 45.8 Å². The zero-order chi connectivity index (χ0) is 20.4. The lowest BCUT2D eigenvalue weighted by Crippen LogP contribution is -2.47. The highest BCUT2D eigenvalue weighted by Gasteiger charge is 2.38. The Hall–Kier alpha value is -3.10. The van der Waals surface area contributed by atoms with Crippen LogP contribution in [0, 0.1) is 0 Å². The van der Waals surface area contributed by atoms with E-state index in [4.69, 9.17) is 4.74 Å². The van der Waals surface area contributed by atoms with Crippen molar-refractivity contribution in [2.24, 2.45) is 0 Å². The first kappa shape index (κ1) is 20.2. The first-order valence-corrected chi connectivity index (χ1v) is 8.40. The predicted octanol–water partition coefficient (Wildman–Crippen LogP) is 1.51. The summed E-state index contributed by atoms with van der Waals surface area (Å²) in [7, 11) is 0. The van der Waals surface area contributed by atoms with Gasteiger partial charge in [-0.2, -0.15) is 0 Å². The minimum absolute atomic E-state index is 0.142. The molecule has 9 nitrogen and oxygen atoms in total. The molecule has 3 amide bonds. The van der Waals surface area contributed by atoms with E-state index >= 15 is 0 Å². The monoisotopic (exact) mass is 377 g/mol. The summed E-state index contributed by atoms with van der Waals surface area (Å²) < 4.78 is 5.07. The molecule has 146 valence electrons. The number of carboxylic acids is 1. The Labute approximate surface area is 156 Å². The highest BCUT2D eigenvalue weighted by Crippen LogP contribution is 2.34. The molecule has 0 radical (unpaired) electrons. The first-order chi connectivity index (χ1) is 12.5. The number of fused-ring (bicyclic) bond motifs is 1. The maximum absolute atomic E-state index is 12.6. The molecule has 2 rings (SSSR count). The number of ether oxygens (including phenoxy) is 1. The average molecular weight is 377 g/mol. The lowest BCUT2D eigenvalue weighted by molar-refractivity contribution is -0.139. The fourth-order valence-electron chi connectivity index (χ4n) is 2.76. The van der Waals surface area contributed by atoms with Gasteiger partial charge >= 0.3 is 12.1 Å². The van der Waals surface area contributed by atoms with Crippen LogP contribution in [-0.2, 0) is 25.5 Å². The maximum Gasteiger partial charge on any atom is 0.408 e. The Morgan fingerprint density at radius 1 is 1.26 bits per heavy atom. The van der Waals surface area contributed by atoms with Gasteiger partial charge in [0.25, 0.3) is 0 Å². The molecule has 1 aliphatic heterocycles. The fourth-order valence-corrected chi connectivity index (χ4v) is 2.76. The summed E-state index contributed by atoms with van der Waals surface area (Å²) in [4.78, 5) is 48.3. The Morgan fingerprint density at radius 2 is 1.93 bits per heavy atom. The fraction of sp³-hybridized carbons (Fsp3) is 0.444. The predicted molar refractivity (Wildman–Crippen MR) is 97.6 cm³/mol. The minimum Gasteiger partial charge on any atom is -0.480 e. The summed E-state index contributed by atoms with van der Waals surface area (Å²) in [6.45, 7) is 6.00. The van der Waals surface area contributed by atoms with E-state index in [-0.39, 0.29) is 12.3 Å². The van der Waals surface area contributed by atoms with Crippen LogP contribution in [0.15, 0.2) is 18.2 Å². The third-order valence-electron chi connectivity index (χ3n) is 3.73. The molecule has 1 aliphatic rings. The molecule has 0 aliphatic carbocycles. The van der Waals surface area contributed by atoms with Gasteiger partial charge in [-0.1, -0.05) is 6.07 Å². The standard InChI is InChI=1S/C18H23N3O6/c1-10(22)20-12-6-5-11-7-14(16(24)25)21(13(11)8-12)15(23)9-19-17(26)27-18(2,3)4/h5-6,8,14H,7,9H2,1-4H3,(H,19,26)(H,20,22)(H,24,25). The van der Waals surface area contributed by atoms with Crippen LogP contribution in [0.3, 0.4) is 0 Å². The molecule has 0 fully saturated rings. The second-order valence-electron chi connectivity index (χ2n) is 7.20. The molecular weight excluding hydrogens is 354 g/mol. The molecule has 3 N–H and O–H groups in total. The SMILES string of the molecule is CC(=O)Nc1ccc2c(c1)N(C(=O)CNC(=O)OC(C)(C)C)C(C(=O)O)C2. The average Bonchev–Trinajstić information content (AvgIpc) is 2.89. The molecule has 9 heteroatoms. The quantitative estimate of drug-likeness (QED) is 0.730. The number of carbonyl (C=O) groups is 4. The molecule has 1 aromatic carbocycles. The molecule has 0 bridgehead atoms. The van der Waals surface area contributed by atoms with Gasteiger partial charge in [-0.3, -0.25) is 14.5 Å².